The first kappa shape index (κ1) is 15.9. The largest absolute Gasteiger partial charge is 0.454 e. The van der Waals surface area contributed by atoms with Gasteiger partial charge in [0.2, 0.25) is 6.79 Å². The van der Waals surface area contributed by atoms with Crippen LogP contribution in [0.5, 0.6) is 11.5 Å². The summed E-state index contributed by atoms with van der Waals surface area (Å²) in [6.07, 6.45) is 1.79. The molecular formula is C18H18BrNO3. The summed E-state index contributed by atoms with van der Waals surface area (Å²) in [7, 11) is 0. The molecule has 1 atom stereocenters. The molecule has 1 aliphatic heterocycles. The molecule has 3 rings (SSSR count). The van der Waals surface area contributed by atoms with E-state index in [1.54, 1.807) is 18.2 Å². The minimum Gasteiger partial charge on any atom is -0.454 e. The fourth-order valence-electron chi connectivity index (χ4n) is 2.52. The fourth-order valence-corrected chi connectivity index (χ4v) is 2.78. The van der Waals surface area contributed by atoms with E-state index in [2.05, 4.69) is 33.4 Å². The number of carbonyl (C=O) groups excluding carboxylic acids is 1. The van der Waals surface area contributed by atoms with Crippen LogP contribution in [0, 0.1) is 0 Å². The number of amides is 1. The maximum absolute atomic E-state index is 12.4. The van der Waals surface area contributed by atoms with Crippen molar-refractivity contribution in [1.29, 1.82) is 0 Å². The van der Waals surface area contributed by atoms with Crippen molar-refractivity contribution in [2.75, 3.05) is 6.79 Å². The maximum Gasteiger partial charge on any atom is 0.255 e. The van der Waals surface area contributed by atoms with Crippen LogP contribution in [0.1, 0.15) is 29.3 Å². The van der Waals surface area contributed by atoms with E-state index in [-0.39, 0.29) is 18.7 Å². The van der Waals surface area contributed by atoms with Gasteiger partial charge >= 0.3 is 0 Å². The Morgan fingerprint density at radius 3 is 2.78 bits per heavy atom. The van der Waals surface area contributed by atoms with E-state index < -0.39 is 0 Å². The second-order valence-corrected chi connectivity index (χ2v) is 6.49. The summed E-state index contributed by atoms with van der Waals surface area (Å²) in [5.74, 6) is 1.03. The number of aryl methyl sites for hydroxylation is 1. The van der Waals surface area contributed by atoms with Crippen molar-refractivity contribution >= 4 is 21.8 Å². The van der Waals surface area contributed by atoms with E-state index >= 15 is 0 Å². The normalized spacial score (nSPS) is 13.7. The van der Waals surface area contributed by atoms with Crippen LogP contribution in [0.2, 0.25) is 0 Å². The monoisotopic (exact) mass is 375 g/mol. The molecular weight excluding hydrogens is 358 g/mol. The lowest BCUT2D eigenvalue weighted by atomic mass is 10.1. The third-order valence-electron chi connectivity index (χ3n) is 3.80. The number of carbonyl (C=O) groups is 1. The first-order chi connectivity index (χ1) is 11.1. The van der Waals surface area contributed by atoms with Gasteiger partial charge in [-0.2, -0.15) is 0 Å². The minimum atomic E-state index is -0.129. The summed E-state index contributed by atoms with van der Waals surface area (Å²) >= 11 is 3.43. The molecule has 5 heteroatoms. The Morgan fingerprint density at radius 2 is 2.00 bits per heavy atom. The third-order valence-corrected chi connectivity index (χ3v) is 4.33. The van der Waals surface area contributed by atoms with Crippen molar-refractivity contribution in [3.05, 3.63) is 58.1 Å². The van der Waals surface area contributed by atoms with Crippen LogP contribution in [0.4, 0.5) is 0 Å². The van der Waals surface area contributed by atoms with Crippen LogP contribution >= 0.6 is 15.9 Å². The lowest BCUT2D eigenvalue weighted by molar-refractivity contribution is 0.0934. The Kier molecular flexibility index (Phi) is 4.86. The SMILES string of the molecule is CC(CCc1ccc(Br)cc1)NC(=O)c1cccc2c1OCO2. The van der Waals surface area contributed by atoms with Crippen molar-refractivity contribution < 1.29 is 14.3 Å². The molecule has 1 unspecified atom stereocenters. The minimum absolute atomic E-state index is 0.0734. The van der Waals surface area contributed by atoms with Crippen molar-refractivity contribution in [2.45, 2.75) is 25.8 Å². The highest BCUT2D eigenvalue weighted by molar-refractivity contribution is 9.10. The van der Waals surface area contributed by atoms with E-state index in [4.69, 9.17) is 9.47 Å². The number of rotatable bonds is 5. The number of fused-ring (bicyclic) bond motifs is 1. The molecule has 0 radical (unpaired) electrons. The quantitative estimate of drug-likeness (QED) is 0.860. The van der Waals surface area contributed by atoms with Gasteiger partial charge in [-0.05, 0) is 49.6 Å². The summed E-state index contributed by atoms with van der Waals surface area (Å²) in [6.45, 7) is 2.18. The number of hydrogen-bond donors (Lipinski definition) is 1. The van der Waals surface area contributed by atoms with E-state index in [0.29, 0.717) is 17.1 Å². The molecule has 0 fully saturated rings. The predicted octanol–water partition coefficient (Wildman–Crippen LogP) is 3.93. The second kappa shape index (κ2) is 7.04. The molecule has 1 heterocycles. The summed E-state index contributed by atoms with van der Waals surface area (Å²) in [4.78, 5) is 12.4. The van der Waals surface area contributed by atoms with Gasteiger partial charge in [-0.25, -0.2) is 0 Å². The van der Waals surface area contributed by atoms with Gasteiger partial charge in [-0.1, -0.05) is 34.1 Å². The summed E-state index contributed by atoms with van der Waals surface area (Å²) in [5.41, 5.74) is 1.78. The predicted molar refractivity (Wildman–Crippen MR) is 92.0 cm³/mol. The molecule has 4 nitrogen and oxygen atoms in total. The zero-order chi connectivity index (χ0) is 16.2. The van der Waals surface area contributed by atoms with Crippen molar-refractivity contribution in [3.8, 4) is 11.5 Å². The van der Waals surface area contributed by atoms with Gasteiger partial charge in [0.25, 0.3) is 5.91 Å². The van der Waals surface area contributed by atoms with Crippen molar-refractivity contribution in [3.63, 3.8) is 0 Å². The Labute approximate surface area is 143 Å². The van der Waals surface area contributed by atoms with Gasteiger partial charge in [0.05, 0.1) is 5.56 Å². The van der Waals surface area contributed by atoms with Crippen LogP contribution in [0.15, 0.2) is 46.9 Å². The number of para-hydroxylation sites is 1. The number of benzene rings is 2. The maximum atomic E-state index is 12.4. The molecule has 0 bridgehead atoms. The van der Waals surface area contributed by atoms with Crippen LogP contribution in [0.25, 0.3) is 0 Å². The van der Waals surface area contributed by atoms with E-state index in [1.165, 1.54) is 5.56 Å². The van der Waals surface area contributed by atoms with E-state index in [1.807, 2.05) is 19.1 Å². The number of nitrogens with one attached hydrogen (secondary N) is 1. The van der Waals surface area contributed by atoms with Gasteiger partial charge in [0, 0.05) is 10.5 Å². The molecule has 1 aliphatic rings. The highest BCUT2D eigenvalue weighted by Gasteiger charge is 2.22. The van der Waals surface area contributed by atoms with Gasteiger partial charge in [0.1, 0.15) is 0 Å². The first-order valence-corrected chi connectivity index (χ1v) is 8.36. The Bertz CT molecular complexity index is 700. The van der Waals surface area contributed by atoms with Gasteiger partial charge in [0.15, 0.2) is 11.5 Å². The molecule has 0 saturated heterocycles. The Balaban J connectivity index is 1.57. The second-order valence-electron chi connectivity index (χ2n) is 5.58. The fraction of sp³-hybridized carbons (Fsp3) is 0.278. The molecule has 2 aromatic rings. The summed E-state index contributed by atoms with van der Waals surface area (Å²) in [6, 6.07) is 13.7. The molecule has 0 saturated carbocycles. The Morgan fingerprint density at radius 1 is 1.22 bits per heavy atom. The van der Waals surface area contributed by atoms with Crippen LogP contribution < -0.4 is 14.8 Å². The average molecular weight is 376 g/mol. The van der Waals surface area contributed by atoms with Crippen LogP contribution in [0.3, 0.4) is 0 Å². The zero-order valence-corrected chi connectivity index (χ0v) is 14.4. The first-order valence-electron chi connectivity index (χ1n) is 7.57. The summed E-state index contributed by atoms with van der Waals surface area (Å²) in [5, 5.41) is 3.02. The zero-order valence-electron chi connectivity index (χ0n) is 12.8. The molecule has 1 N–H and O–H groups in total. The Hall–Kier alpha value is -2.01. The number of hydrogen-bond acceptors (Lipinski definition) is 3. The molecule has 0 aliphatic carbocycles. The molecule has 0 spiro atoms. The molecule has 1 amide bonds. The van der Waals surface area contributed by atoms with Gasteiger partial charge in [-0.15, -0.1) is 0 Å². The van der Waals surface area contributed by atoms with Crippen molar-refractivity contribution in [2.24, 2.45) is 0 Å². The molecule has 120 valence electrons. The van der Waals surface area contributed by atoms with Crippen molar-refractivity contribution in [1.82, 2.24) is 5.32 Å². The van der Waals surface area contributed by atoms with Crippen LogP contribution in [-0.2, 0) is 6.42 Å². The molecule has 23 heavy (non-hydrogen) atoms. The summed E-state index contributed by atoms with van der Waals surface area (Å²) < 4.78 is 11.8. The molecule has 2 aromatic carbocycles. The highest BCUT2D eigenvalue weighted by Crippen LogP contribution is 2.35. The van der Waals surface area contributed by atoms with Gasteiger partial charge in [-0.3, -0.25) is 4.79 Å². The number of halogens is 1. The smallest absolute Gasteiger partial charge is 0.255 e. The lowest BCUT2D eigenvalue weighted by Gasteiger charge is -2.14. The third kappa shape index (κ3) is 3.85. The number of ether oxygens (including phenoxy) is 2. The highest BCUT2D eigenvalue weighted by atomic mass is 79.9. The topological polar surface area (TPSA) is 47.6 Å². The average Bonchev–Trinajstić information content (AvgIpc) is 3.02. The standard InChI is InChI=1S/C18H18BrNO3/c1-12(5-6-13-7-9-14(19)10-8-13)20-18(21)15-3-2-4-16-17(15)23-11-22-16/h2-4,7-10,12H,5-6,11H2,1H3,(H,20,21). The van der Waals surface area contributed by atoms with E-state index in [0.717, 1.165) is 17.3 Å². The van der Waals surface area contributed by atoms with Gasteiger partial charge < -0.3 is 14.8 Å². The van der Waals surface area contributed by atoms with Crippen LogP contribution in [-0.4, -0.2) is 18.7 Å². The van der Waals surface area contributed by atoms with E-state index in [9.17, 15) is 4.79 Å². The molecule has 0 aromatic heterocycles. The lowest BCUT2D eigenvalue weighted by Crippen LogP contribution is -2.33.